The highest BCUT2D eigenvalue weighted by atomic mass is 35.5. The van der Waals surface area contributed by atoms with Gasteiger partial charge in [-0.25, -0.2) is 0 Å². The molecule has 3 N–H and O–H groups in total. The zero-order valence-corrected chi connectivity index (χ0v) is 14.3. The molecule has 0 saturated carbocycles. The van der Waals surface area contributed by atoms with Gasteiger partial charge in [-0.2, -0.15) is 0 Å². The predicted molar refractivity (Wildman–Crippen MR) is 103 cm³/mol. The van der Waals surface area contributed by atoms with Crippen LogP contribution >= 0.6 is 11.6 Å². The van der Waals surface area contributed by atoms with Crippen LogP contribution in [-0.4, -0.2) is 22.3 Å². The van der Waals surface area contributed by atoms with E-state index in [1.165, 1.54) is 18.3 Å². The van der Waals surface area contributed by atoms with Gasteiger partial charge in [0.05, 0.1) is 16.3 Å². The molecule has 130 valence electrons. The molecule has 1 amide bonds. The Balaban J connectivity index is 1.77. The molecular formula is C20H15ClN2O3. The maximum absolute atomic E-state index is 12.3. The normalized spacial score (nSPS) is 10.8. The van der Waals surface area contributed by atoms with E-state index in [9.17, 15) is 15.0 Å². The molecule has 0 spiro atoms. The van der Waals surface area contributed by atoms with Crippen molar-refractivity contribution in [1.29, 1.82) is 0 Å². The standard InChI is InChI=1S/C20H15ClN2O3/c21-18-7-2-1-6-17(18)20(26)23-15-5-3-4-14(10-15)22-12-13-8-9-16(24)11-19(13)25/h1-12,24-25H,(H,23,26). The fourth-order valence-electron chi connectivity index (χ4n) is 2.29. The minimum Gasteiger partial charge on any atom is -0.508 e. The molecule has 0 fully saturated rings. The average Bonchev–Trinajstić information content (AvgIpc) is 2.61. The highest BCUT2D eigenvalue weighted by Crippen LogP contribution is 2.23. The molecule has 0 aromatic heterocycles. The Morgan fingerprint density at radius 1 is 1.00 bits per heavy atom. The molecule has 0 aliphatic heterocycles. The number of nitrogens with one attached hydrogen (secondary N) is 1. The average molecular weight is 367 g/mol. The second kappa shape index (κ2) is 7.72. The number of phenolic OH excluding ortho intramolecular Hbond substituents is 2. The van der Waals surface area contributed by atoms with E-state index in [2.05, 4.69) is 10.3 Å². The maximum Gasteiger partial charge on any atom is 0.257 e. The number of carbonyl (C=O) groups is 1. The van der Waals surface area contributed by atoms with Gasteiger partial charge in [0.15, 0.2) is 0 Å². The zero-order chi connectivity index (χ0) is 18.5. The molecule has 0 heterocycles. The first-order chi connectivity index (χ1) is 12.5. The first-order valence-electron chi connectivity index (χ1n) is 7.75. The minimum absolute atomic E-state index is 0.0241. The molecule has 0 aliphatic rings. The van der Waals surface area contributed by atoms with E-state index < -0.39 is 0 Å². The summed E-state index contributed by atoms with van der Waals surface area (Å²) in [6, 6.07) is 18.0. The Morgan fingerprint density at radius 3 is 2.58 bits per heavy atom. The molecule has 3 aromatic rings. The van der Waals surface area contributed by atoms with Gasteiger partial charge in [-0.15, -0.1) is 0 Å². The van der Waals surface area contributed by atoms with Crippen LogP contribution in [0.5, 0.6) is 11.5 Å². The lowest BCUT2D eigenvalue weighted by Crippen LogP contribution is -2.12. The van der Waals surface area contributed by atoms with Gasteiger partial charge in [0, 0.05) is 23.5 Å². The van der Waals surface area contributed by atoms with Gasteiger partial charge >= 0.3 is 0 Å². The summed E-state index contributed by atoms with van der Waals surface area (Å²) >= 11 is 6.03. The molecule has 0 bridgehead atoms. The third-order valence-electron chi connectivity index (χ3n) is 3.59. The quantitative estimate of drug-likeness (QED) is 0.582. The van der Waals surface area contributed by atoms with Gasteiger partial charge in [-0.3, -0.25) is 9.79 Å². The van der Waals surface area contributed by atoms with Crippen LogP contribution in [0.15, 0.2) is 71.7 Å². The van der Waals surface area contributed by atoms with Crippen LogP contribution in [0.1, 0.15) is 15.9 Å². The van der Waals surface area contributed by atoms with E-state index in [0.29, 0.717) is 27.5 Å². The molecule has 26 heavy (non-hydrogen) atoms. The number of aliphatic imine (C=N–C) groups is 1. The van der Waals surface area contributed by atoms with Crippen molar-refractivity contribution < 1.29 is 15.0 Å². The van der Waals surface area contributed by atoms with Crippen LogP contribution in [0, 0.1) is 0 Å². The SMILES string of the molecule is O=C(Nc1cccc(N=Cc2ccc(O)cc2O)c1)c1ccccc1Cl. The first-order valence-corrected chi connectivity index (χ1v) is 8.13. The number of hydrogen-bond acceptors (Lipinski definition) is 4. The fourth-order valence-corrected chi connectivity index (χ4v) is 2.51. The monoisotopic (exact) mass is 366 g/mol. The van der Waals surface area contributed by atoms with Gasteiger partial charge < -0.3 is 15.5 Å². The van der Waals surface area contributed by atoms with E-state index in [-0.39, 0.29) is 17.4 Å². The Hall–Kier alpha value is -3.31. The molecule has 0 unspecified atom stereocenters. The van der Waals surface area contributed by atoms with Crippen molar-refractivity contribution in [2.75, 3.05) is 5.32 Å². The van der Waals surface area contributed by atoms with Crippen LogP contribution < -0.4 is 5.32 Å². The summed E-state index contributed by atoms with van der Waals surface area (Å²) in [5.74, 6) is -0.409. The molecule has 5 nitrogen and oxygen atoms in total. The third-order valence-corrected chi connectivity index (χ3v) is 3.92. The second-order valence-electron chi connectivity index (χ2n) is 5.49. The van der Waals surface area contributed by atoms with Gasteiger partial charge in [0.25, 0.3) is 5.91 Å². The fraction of sp³-hybridized carbons (Fsp3) is 0. The molecule has 0 saturated heterocycles. The summed E-state index contributed by atoms with van der Waals surface area (Å²) in [4.78, 5) is 16.6. The van der Waals surface area contributed by atoms with Crippen molar-refractivity contribution in [2.24, 2.45) is 4.99 Å². The number of rotatable bonds is 4. The zero-order valence-electron chi connectivity index (χ0n) is 13.6. The first kappa shape index (κ1) is 17.5. The number of anilines is 1. The summed E-state index contributed by atoms with van der Waals surface area (Å²) in [6.45, 7) is 0. The number of halogens is 1. The Labute approximate surface area is 155 Å². The van der Waals surface area contributed by atoms with E-state index in [1.54, 1.807) is 54.6 Å². The topological polar surface area (TPSA) is 81.9 Å². The lowest BCUT2D eigenvalue weighted by Gasteiger charge is -2.07. The molecule has 3 rings (SSSR count). The van der Waals surface area contributed by atoms with E-state index in [0.717, 1.165) is 0 Å². The number of hydrogen-bond donors (Lipinski definition) is 3. The second-order valence-corrected chi connectivity index (χ2v) is 5.89. The molecule has 0 radical (unpaired) electrons. The van der Waals surface area contributed by atoms with Crippen LogP contribution in [-0.2, 0) is 0 Å². The van der Waals surface area contributed by atoms with Crippen LogP contribution in [0.3, 0.4) is 0 Å². The summed E-state index contributed by atoms with van der Waals surface area (Å²) in [7, 11) is 0. The van der Waals surface area contributed by atoms with Crippen LogP contribution in [0.25, 0.3) is 0 Å². The Kier molecular flexibility index (Phi) is 5.20. The maximum atomic E-state index is 12.3. The smallest absolute Gasteiger partial charge is 0.257 e. The third kappa shape index (κ3) is 4.20. The Morgan fingerprint density at radius 2 is 1.81 bits per heavy atom. The molecule has 6 heteroatoms. The molecular weight excluding hydrogens is 352 g/mol. The summed E-state index contributed by atoms with van der Waals surface area (Å²) in [6.07, 6.45) is 1.48. The van der Waals surface area contributed by atoms with Crippen molar-refractivity contribution in [3.63, 3.8) is 0 Å². The number of aromatic hydroxyl groups is 2. The van der Waals surface area contributed by atoms with Crippen molar-refractivity contribution in [3.05, 3.63) is 82.9 Å². The van der Waals surface area contributed by atoms with Crippen molar-refractivity contribution in [1.82, 2.24) is 0 Å². The highest BCUT2D eigenvalue weighted by molar-refractivity contribution is 6.34. The number of phenols is 2. The molecule has 0 atom stereocenters. The Bertz CT molecular complexity index is 986. The van der Waals surface area contributed by atoms with Crippen molar-refractivity contribution in [2.45, 2.75) is 0 Å². The van der Waals surface area contributed by atoms with Crippen LogP contribution in [0.2, 0.25) is 5.02 Å². The van der Waals surface area contributed by atoms with E-state index in [4.69, 9.17) is 11.6 Å². The lowest BCUT2D eigenvalue weighted by molar-refractivity contribution is 0.102. The molecule has 0 aliphatic carbocycles. The number of benzene rings is 3. The summed E-state index contributed by atoms with van der Waals surface area (Å²) < 4.78 is 0. The lowest BCUT2D eigenvalue weighted by atomic mass is 10.2. The molecule has 3 aromatic carbocycles. The number of carbonyl (C=O) groups excluding carboxylic acids is 1. The highest BCUT2D eigenvalue weighted by Gasteiger charge is 2.09. The van der Waals surface area contributed by atoms with Gasteiger partial charge in [-0.1, -0.05) is 29.8 Å². The summed E-state index contributed by atoms with van der Waals surface area (Å²) in [5, 5.41) is 22.2. The number of amides is 1. The van der Waals surface area contributed by atoms with Crippen molar-refractivity contribution >= 4 is 35.1 Å². The van der Waals surface area contributed by atoms with Gasteiger partial charge in [-0.05, 0) is 42.5 Å². The van der Waals surface area contributed by atoms with E-state index >= 15 is 0 Å². The number of nitrogens with zero attached hydrogens (tertiary/aromatic N) is 1. The largest absolute Gasteiger partial charge is 0.508 e. The summed E-state index contributed by atoms with van der Waals surface area (Å²) in [5.41, 5.74) is 2.01. The van der Waals surface area contributed by atoms with Gasteiger partial charge in [0.2, 0.25) is 0 Å². The minimum atomic E-state index is -0.312. The predicted octanol–water partition coefficient (Wildman–Crippen LogP) is 4.75. The van der Waals surface area contributed by atoms with E-state index in [1.807, 2.05) is 0 Å². The van der Waals surface area contributed by atoms with Crippen molar-refractivity contribution in [3.8, 4) is 11.5 Å². The van der Waals surface area contributed by atoms with Gasteiger partial charge in [0.1, 0.15) is 11.5 Å². The van der Waals surface area contributed by atoms with Crippen LogP contribution in [0.4, 0.5) is 11.4 Å².